The van der Waals surface area contributed by atoms with E-state index in [1.54, 1.807) is 11.0 Å². The Morgan fingerprint density at radius 2 is 2.00 bits per heavy atom. The number of benzene rings is 1. The van der Waals surface area contributed by atoms with Crippen LogP contribution in [0, 0.1) is 0 Å². The number of furan rings is 1. The maximum atomic E-state index is 12.0. The Morgan fingerprint density at radius 1 is 1.22 bits per heavy atom. The summed E-state index contributed by atoms with van der Waals surface area (Å²) < 4.78 is 10.4. The van der Waals surface area contributed by atoms with Crippen LogP contribution in [0.15, 0.2) is 28.9 Å². The molecule has 1 saturated heterocycles. The van der Waals surface area contributed by atoms with Crippen molar-refractivity contribution in [2.45, 2.75) is 25.7 Å². The van der Waals surface area contributed by atoms with Gasteiger partial charge in [-0.1, -0.05) is 0 Å². The van der Waals surface area contributed by atoms with Gasteiger partial charge in [0.05, 0.1) is 12.7 Å². The second-order valence-corrected chi connectivity index (χ2v) is 5.72. The highest BCUT2D eigenvalue weighted by Crippen LogP contribution is 2.25. The molecule has 0 aliphatic carbocycles. The first-order chi connectivity index (χ1) is 11.1. The van der Waals surface area contributed by atoms with Crippen molar-refractivity contribution < 1.29 is 23.8 Å². The fourth-order valence-electron chi connectivity index (χ4n) is 2.79. The van der Waals surface area contributed by atoms with Gasteiger partial charge in [-0.05, 0) is 31.4 Å². The number of phenolic OH excluding ortho intramolecular Hbond substituents is 1. The van der Waals surface area contributed by atoms with Crippen molar-refractivity contribution in [3.8, 4) is 5.75 Å². The monoisotopic (exact) mass is 317 g/mol. The number of likely N-dealkylation sites (tertiary alicyclic amines) is 1. The lowest BCUT2D eigenvalue weighted by Gasteiger charge is -2.26. The van der Waals surface area contributed by atoms with Crippen molar-refractivity contribution in [1.82, 2.24) is 4.90 Å². The minimum Gasteiger partial charge on any atom is -0.508 e. The zero-order chi connectivity index (χ0) is 16.2. The van der Waals surface area contributed by atoms with E-state index in [1.807, 2.05) is 0 Å². The van der Waals surface area contributed by atoms with Crippen molar-refractivity contribution in [3.63, 3.8) is 0 Å². The van der Waals surface area contributed by atoms with Gasteiger partial charge in [-0.2, -0.15) is 0 Å². The third kappa shape index (κ3) is 3.64. The molecule has 0 radical (unpaired) electrons. The summed E-state index contributed by atoms with van der Waals surface area (Å²) >= 11 is 0. The molecule has 1 aliphatic heterocycles. The molecule has 6 nitrogen and oxygen atoms in total. The van der Waals surface area contributed by atoms with E-state index in [0.717, 1.165) is 37.7 Å². The number of amides is 1. The highest BCUT2D eigenvalue weighted by Gasteiger charge is 2.18. The van der Waals surface area contributed by atoms with Crippen LogP contribution < -0.4 is 0 Å². The Labute approximate surface area is 133 Å². The number of fused-ring (bicyclic) bond motifs is 1. The summed E-state index contributed by atoms with van der Waals surface area (Å²) in [4.78, 5) is 25.6. The quantitative estimate of drug-likeness (QED) is 0.875. The molecule has 0 unspecified atom stereocenters. The third-order valence-corrected chi connectivity index (χ3v) is 4.04. The third-order valence-electron chi connectivity index (χ3n) is 4.04. The maximum absolute atomic E-state index is 12.0. The Bertz CT molecular complexity index is 715. The fraction of sp³-hybridized carbons (Fsp3) is 0.412. The zero-order valence-electron chi connectivity index (χ0n) is 12.8. The molecule has 1 aromatic heterocycles. The average molecular weight is 317 g/mol. The van der Waals surface area contributed by atoms with Crippen molar-refractivity contribution in [2.24, 2.45) is 0 Å². The lowest BCUT2D eigenvalue weighted by atomic mass is 10.1. The number of aromatic hydroxyl groups is 1. The molecule has 0 bridgehead atoms. The summed E-state index contributed by atoms with van der Waals surface area (Å²) in [5, 5.41) is 10.1. The van der Waals surface area contributed by atoms with Gasteiger partial charge < -0.3 is 19.2 Å². The van der Waals surface area contributed by atoms with Gasteiger partial charge in [-0.15, -0.1) is 0 Å². The van der Waals surface area contributed by atoms with Crippen LogP contribution >= 0.6 is 0 Å². The van der Waals surface area contributed by atoms with Gasteiger partial charge in [0.15, 0.2) is 6.61 Å². The van der Waals surface area contributed by atoms with Crippen LogP contribution in [0.2, 0.25) is 0 Å². The minimum absolute atomic E-state index is 0.0328. The van der Waals surface area contributed by atoms with Crippen molar-refractivity contribution in [3.05, 3.63) is 30.0 Å². The number of rotatable bonds is 4. The molecule has 1 N–H and O–H groups in total. The van der Waals surface area contributed by atoms with Gasteiger partial charge in [0.25, 0.3) is 5.91 Å². The number of esters is 1. The summed E-state index contributed by atoms with van der Waals surface area (Å²) in [6.07, 6.45) is 4.66. The van der Waals surface area contributed by atoms with Crippen LogP contribution in [0.1, 0.15) is 24.8 Å². The smallest absolute Gasteiger partial charge is 0.310 e. The molecular weight excluding hydrogens is 298 g/mol. The molecule has 3 rings (SSSR count). The predicted molar refractivity (Wildman–Crippen MR) is 83.0 cm³/mol. The normalized spacial score (nSPS) is 14.9. The first-order valence-electron chi connectivity index (χ1n) is 7.76. The fourth-order valence-corrected chi connectivity index (χ4v) is 2.79. The van der Waals surface area contributed by atoms with Gasteiger partial charge in [0.1, 0.15) is 11.3 Å². The molecule has 1 aromatic carbocycles. The average Bonchev–Trinajstić information content (AvgIpc) is 2.95. The van der Waals surface area contributed by atoms with Crippen molar-refractivity contribution in [2.75, 3.05) is 19.7 Å². The van der Waals surface area contributed by atoms with Crippen LogP contribution in [0.4, 0.5) is 0 Å². The number of carbonyl (C=O) groups is 2. The van der Waals surface area contributed by atoms with E-state index in [0.29, 0.717) is 11.1 Å². The number of phenols is 1. The molecule has 0 atom stereocenters. The van der Waals surface area contributed by atoms with E-state index in [4.69, 9.17) is 9.15 Å². The van der Waals surface area contributed by atoms with E-state index >= 15 is 0 Å². The lowest BCUT2D eigenvalue weighted by Crippen LogP contribution is -2.38. The highest BCUT2D eigenvalue weighted by atomic mass is 16.5. The lowest BCUT2D eigenvalue weighted by molar-refractivity contribution is -0.151. The first-order valence-corrected chi connectivity index (χ1v) is 7.76. The number of carbonyl (C=O) groups excluding carboxylic acids is 2. The van der Waals surface area contributed by atoms with Crippen molar-refractivity contribution in [1.29, 1.82) is 0 Å². The summed E-state index contributed by atoms with van der Waals surface area (Å²) in [5.74, 6) is -0.501. The molecular formula is C17H19NO5. The molecule has 2 heterocycles. The summed E-state index contributed by atoms with van der Waals surface area (Å²) in [6, 6.07) is 4.71. The number of hydrogen-bond donors (Lipinski definition) is 1. The number of nitrogens with zero attached hydrogens (tertiary/aromatic N) is 1. The second kappa shape index (κ2) is 6.73. The van der Waals surface area contributed by atoms with Crippen LogP contribution in [0.25, 0.3) is 11.0 Å². The number of hydrogen-bond acceptors (Lipinski definition) is 5. The molecule has 2 aromatic rings. The molecule has 1 amide bonds. The predicted octanol–water partition coefficient (Wildman–Crippen LogP) is 2.24. The molecule has 1 aliphatic rings. The summed E-state index contributed by atoms with van der Waals surface area (Å²) in [6.45, 7) is 1.27. The van der Waals surface area contributed by atoms with Crippen LogP contribution in [-0.4, -0.2) is 41.6 Å². The van der Waals surface area contributed by atoms with Gasteiger partial charge in [-0.3, -0.25) is 9.59 Å². The van der Waals surface area contributed by atoms with Crippen LogP contribution in [0.5, 0.6) is 5.75 Å². The largest absolute Gasteiger partial charge is 0.508 e. The molecule has 0 spiro atoms. The van der Waals surface area contributed by atoms with Gasteiger partial charge in [0, 0.05) is 30.1 Å². The molecule has 0 saturated carbocycles. The second-order valence-electron chi connectivity index (χ2n) is 5.72. The SMILES string of the molecule is O=C(Cc1coc2cc(O)ccc12)OCC(=O)N1CCCCC1. The Balaban J connectivity index is 1.55. The van der Waals surface area contributed by atoms with E-state index in [9.17, 15) is 14.7 Å². The number of piperidine rings is 1. The standard InChI is InChI=1S/C17H19NO5/c19-13-4-5-14-12(10-22-15(14)9-13)8-17(21)23-11-16(20)18-6-2-1-3-7-18/h4-5,9-10,19H,1-3,6-8,11H2. The van der Waals surface area contributed by atoms with E-state index in [2.05, 4.69) is 0 Å². The Morgan fingerprint density at radius 3 is 2.78 bits per heavy atom. The highest BCUT2D eigenvalue weighted by molar-refractivity contribution is 5.87. The van der Waals surface area contributed by atoms with Gasteiger partial charge in [-0.25, -0.2) is 0 Å². The summed E-state index contributed by atoms with van der Waals surface area (Å²) in [5.41, 5.74) is 1.19. The Hall–Kier alpha value is -2.50. The van der Waals surface area contributed by atoms with Gasteiger partial charge in [0.2, 0.25) is 0 Å². The van der Waals surface area contributed by atoms with Crippen molar-refractivity contribution >= 4 is 22.8 Å². The Kier molecular flexibility index (Phi) is 4.50. The molecule has 122 valence electrons. The molecule has 1 fully saturated rings. The number of ether oxygens (including phenoxy) is 1. The maximum Gasteiger partial charge on any atom is 0.310 e. The summed E-state index contributed by atoms with van der Waals surface area (Å²) in [7, 11) is 0. The topological polar surface area (TPSA) is 80.0 Å². The zero-order valence-corrected chi connectivity index (χ0v) is 12.8. The molecule has 6 heteroatoms. The van der Waals surface area contributed by atoms with E-state index in [-0.39, 0.29) is 24.7 Å². The van der Waals surface area contributed by atoms with E-state index in [1.165, 1.54) is 18.4 Å². The van der Waals surface area contributed by atoms with Crippen LogP contribution in [0.3, 0.4) is 0 Å². The van der Waals surface area contributed by atoms with E-state index < -0.39 is 5.97 Å². The van der Waals surface area contributed by atoms with Crippen LogP contribution in [-0.2, 0) is 20.7 Å². The first kappa shape index (κ1) is 15.4. The molecule has 23 heavy (non-hydrogen) atoms. The van der Waals surface area contributed by atoms with Gasteiger partial charge >= 0.3 is 5.97 Å². The minimum atomic E-state index is -0.467.